The standard InChI is InChI=1S/C11H22N3P/c1-6-14-7-11(12-13-14)8-15(9(2)3)10(4)5/h7,9-10H,6,8H2,1-5H3. The van der Waals surface area contributed by atoms with Crippen LogP contribution in [0.2, 0.25) is 0 Å². The lowest BCUT2D eigenvalue weighted by atomic mass is 10.5. The Morgan fingerprint density at radius 1 is 1.27 bits per heavy atom. The summed E-state index contributed by atoms with van der Waals surface area (Å²) in [5.74, 6) is 0. The molecule has 3 nitrogen and oxygen atoms in total. The second-order valence-corrected chi connectivity index (χ2v) is 7.84. The van der Waals surface area contributed by atoms with Crippen LogP contribution in [0.25, 0.3) is 0 Å². The maximum absolute atomic E-state index is 4.22. The normalized spacial score (nSPS) is 12.0. The zero-order valence-electron chi connectivity index (χ0n) is 10.4. The first kappa shape index (κ1) is 12.6. The van der Waals surface area contributed by atoms with Crippen molar-refractivity contribution in [3.8, 4) is 0 Å². The minimum Gasteiger partial charge on any atom is -0.253 e. The van der Waals surface area contributed by atoms with Crippen molar-refractivity contribution in [2.75, 3.05) is 0 Å². The van der Waals surface area contributed by atoms with Gasteiger partial charge < -0.3 is 0 Å². The summed E-state index contributed by atoms with van der Waals surface area (Å²) in [7, 11) is 0.0376. The van der Waals surface area contributed by atoms with Gasteiger partial charge in [0.05, 0.1) is 5.69 Å². The molecule has 0 bridgehead atoms. The fourth-order valence-corrected chi connectivity index (χ4v) is 4.16. The highest BCUT2D eigenvalue weighted by Crippen LogP contribution is 2.48. The molecule has 0 aliphatic heterocycles. The van der Waals surface area contributed by atoms with Crippen molar-refractivity contribution in [3.05, 3.63) is 11.9 Å². The molecule has 86 valence electrons. The van der Waals surface area contributed by atoms with E-state index < -0.39 is 0 Å². The first-order valence-corrected chi connectivity index (χ1v) is 7.35. The monoisotopic (exact) mass is 227 g/mol. The van der Waals surface area contributed by atoms with Crippen molar-refractivity contribution in [3.63, 3.8) is 0 Å². The van der Waals surface area contributed by atoms with Gasteiger partial charge in [-0.05, 0) is 18.2 Å². The zero-order chi connectivity index (χ0) is 11.4. The van der Waals surface area contributed by atoms with Crippen LogP contribution < -0.4 is 0 Å². The van der Waals surface area contributed by atoms with Crippen LogP contribution in [0, 0.1) is 0 Å². The van der Waals surface area contributed by atoms with E-state index in [1.54, 1.807) is 0 Å². The molecule has 0 aliphatic carbocycles. The second-order valence-electron chi connectivity index (χ2n) is 4.43. The molecule has 0 unspecified atom stereocenters. The smallest absolute Gasteiger partial charge is 0.0870 e. The van der Waals surface area contributed by atoms with Crippen LogP contribution in [-0.2, 0) is 12.7 Å². The molecule has 0 atom stereocenters. The van der Waals surface area contributed by atoms with E-state index in [-0.39, 0.29) is 7.92 Å². The summed E-state index contributed by atoms with van der Waals surface area (Å²) in [6.07, 6.45) is 3.20. The van der Waals surface area contributed by atoms with E-state index in [1.807, 2.05) is 4.68 Å². The molecule has 0 amide bonds. The third-order valence-corrected chi connectivity index (χ3v) is 5.92. The number of rotatable bonds is 5. The lowest BCUT2D eigenvalue weighted by Gasteiger charge is -2.24. The van der Waals surface area contributed by atoms with Crippen molar-refractivity contribution >= 4 is 7.92 Å². The second kappa shape index (κ2) is 5.60. The lowest BCUT2D eigenvalue weighted by molar-refractivity contribution is 0.626. The van der Waals surface area contributed by atoms with Gasteiger partial charge in [0.15, 0.2) is 0 Å². The summed E-state index contributed by atoms with van der Waals surface area (Å²) < 4.78 is 1.91. The summed E-state index contributed by atoms with van der Waals surface area (Å²) >= 11 is 0. The van der Waals surface area contributed by atoms with Crippen molar-refractivity contribution in [2.45, 2.75) is 58.6 Å². The molecular weight excluding hydrogens is 205 g/mol. The highest BCUT2D eigenvalue weighted by molar-refractivity contribution is 7.58. The number of aromatic nitrogens is 3. The van der Waals surface area contributed by atoms with Gasteiger partial charge in [-0.15, -0.1) is 5.10 Å². The third kappa shape index (κ3) is 3.57. The van der Waals surface area contributed by atoms with Gasteiger partial charge in [0.2, 0.25) is 0 Å². The largest absolute Gasteiger partial charge is 0.253 e. The molecule has 1 aromatic rings. The minimum atomic E-state index is 0.0376. The Morgan fingerprint density at radius 3 is 2.27 bits per heavy atom. The van der Waals surface area contributed by atoms with E-state index in [0.717, 1.165) is 29.7 Å². The van der Waals surface area contributed by atoms with Crippen LogP contribution in [0.5, 0.6) is 0 Å². The average molecular weight is 227 g/mol. The summed E-state index contributed by atoms with van der Waals surface area (Å²) in [6, 6.07) is 0. The van der Waals surface area contributed by atoms with E-state index in [9.17, 15) is 0 Å². The quantitative estimate of drug-likeness (QED) is 0.724. The van der Waals surface area contributed by atoms with Gasteiger partial charge in [-0.2, -0.15) is 0 Å². The molecule has 0 saturated heterocycles. The SMILES string of the molecule is CCn1cc(CP(C(C)C)C(C)C)nn1. The van der Waals surface area contributed by atoms with Crippen molar-refractivity contribution in [1.29, 1.82) is 0 Å². The predicted molar refractivity (Wildman–Crippen MR) is 66.6 cm³/mol. The van der Waals surface area contributed by atoms with Crippen LogP contribution in [-0.4, -0.2) is 26.3 Å². The number of nitrogens with zero attached hydrogens (tertiary/aromatic N) is 3. The van der Waals surface area contributed by atoms with E-state index in [2.05, 4.69) is 51.1 Å². The van der Waals surface area contributed by atoms with Gasteiger partial charge >= 0.3 is 0 Å². The number of aryl methyl sites for hydroxylation is 1. The van der Waals surface area contributed by atoms with Gasteiger partial charge in [-0.25, -0.2) is 0 Å². The lowest BCUT2D eigenvalue weighted by Crippen LogP contribution is -2.05. The van der Waals surface area contributed by atoms with Crippen LogP contribution in [0.3, 0.4) is 0 Å². The molecule has 0 aromatic carbocycles. The molecule has 0 saturated carbocycles. The summed E-state index contributed by atoms with van der Waals surface area (Å²) in [5.41, 5.74) is 2.70. The van der Waals surface area contributed by atoms with Crippen molar-refractivity contribution in [2.24, 2.45) is 0 Å². The number of hydrogen-bond donors (Lipinski definition) is 0. The van der Waals surface area contributed by atoms with Crippen LogP contribution in [0.15, 0.2) is 6.20 Å². The number of hydrogen-bond acceptors (Lipinski definition) is 2. The molecule has 1 rings (SSSR count). The third-order valence-electron chi connectivity index (χ3n) is 2.58. The van der Waals surface area contributed by atoms with Gasteiger partial charge in [0, 0.05) is 18.9 Å². The Bertz CT molecular complexity index is 286. The fourth-order valence-electron chi connectivity index (χ4n) is 1.71. The molecular formula is C11H22N3P. The Balaban J connectivity index is 2.65. The Labute approximate surface area is 94.0 Å². The van der Waals surface area contributed by atoms with Crippen LogP contribution in [0.1, 0.15) is 40.3 Å². The van der Waals surface area contributed by atoms with Gasteiger partial charge in [-0.1, -0.05) is 40.8 Å². The molecule has 4 heteroatoms. The van der Waals surface area contributed by atoms with Crippen LogP contribution in [0.4, 0.5) is 0 Å². The molecule has 15 heavy (non-hydrogen) atoms. The first-order valence-electron chi connectivity index (χ1n) is 5.69. The zero-order valence-corrected chi connectivity index (χ0v) is 11.3. The van der Waals surface area contributed by atoms with E-state index in [0.29, 0.717) is 0 Å². The highest BCUT2D eigenvalue weighted by atomic mass is 31.1. The molecule has 0 N–H and O–H groups in total. The Morgan fingerprint density at radius 2 is 1.87 bits per heavy atom. The van der Waals surface area contributed by atoms with E-state index >= 15 is 0 Å². The molecule has 0 radical (unpaired) electrons. The minimum absolute atomic E-state index is 0.0376. The molecule has 0 fully saturated rings. The predicted octanol–water partition coefficient (Wildman–Crippen LogP) is 3.10. The van der Waals surface area contributed by atoms with Gasteiger partial charge in [0.1, 0.15) is 0 Å². The summed E-state index contributed by atoms with van der Waals surface area (Å²) in [4.78, 5) is 0. The topological polar surface area (TPSA) is 30.7 Å². The van der Waals surface area contributed by atoms with E-state index in [4.69, 9.17) is 0 Å². The fraction of sp³-hybridized carbons (Fsp3) is 0.818. The molecule has 1 aromatic heterocycles. The Kier molecular flexibility index (Phi) is 4.72. The van der Waals surface area contributed by atoms with Crippen molar-refractivity contribution in [1.82, 2.24) is 15.0 Å². The first-order chi connectivity index (χ1) is 7.04. The van der Waals surface area contributed by atoms with E-state index in [1.165, 1.54) is 0 Å². The van der Waals surface area contributed by atoms with Gasteiger partial charge in [0.25, 0.3) is 0 Å². The molecule has 0 spiro atoms. The average Bonchev–Trinajstić information content (AvgIpc) is 2.60. The maximum atomic E-state index is 4.22. The summed E-state index contributed by atoms with van der Waals surface area (Å²) in [6.45, 7) is 12.3. The van der Waals surface area contributed by atoms with Crippen molar-refractivity contribution < 1.29 is 0 Å². The molecule has 1 heterocycles. The summed E-state index contributed by atoms with van der Waals surface area (Å²) in [5, 5.41) is 8.30. The highest BCUT2D eigenvalue weighted by Gasteiger charge is 2.18. The van der Waals surface area contributed by atoms with Gasteiger partial charge in [-0.3, -0.25) is 4.68 Å². The molecule has 0 aliphatic rings. The Hall–Kier alpha value is -0.430. The maximum Gasteiger partial charge on any atom is 0.0870 e. The van der Waals surface area contributed by atoms with Crippen LogP contribution >= 0.6 is 7.92 Å².